The van der Waals surface area contributed by atoms with Gasteiger partial charge in [-0.15, -0.1) is 0 Å². The van der Waals surface area contributed by atoms with E-state index >= 15 is 0 Å². The Hall–Kier alpha value is -3.66. The van der Waals surface area contributed by atoms with Gasteiger partial charge in [0.05, 0.1) is 24.3 Å². The molecule has 2 aliphatic rings. The van der Waals surface area contributed by atoms with Gasteiger partial charge in [0.2, 0.25) is 0 Å². The van der Waals surface area contributed by atoms with Gasteiger partial charge in [-0.05, 0) is 63.5 Å². The van der Waals surface area contributed by atoms with Crippen molar-refractivity contribution < 1.29 is 38.0 Å². The molecule has 4 atom stereocenters. The molecule has 0 aromatic heterocycles. The van der Waals surface area contributed by atoms with Crippen molar-refractivity contribution in [3.05, 3.63) is 77.4 Å². The van der Waals surface area contributed by atoms with Gasteiger partial charge in [0.15, 0.2) is 12.6 Å². The zero-order valence-corrected chi connectivity index (χ0v) is 23.5. The zero-order valence-electron chi connectivity index (χ0n) is 23.5. The van der Waals surface area contributed by atoms with E-state index in [2.05, 4.69) is 5.32 Å². The van der Waals surface area contributed by atoms with Crippen molar-refractivity contribution in [2.24, 2.45) is 0 Å². The van der Waals surface area contributed by atoms with E-state index in [1.54, 1.807) is 43.5 Å². The quantitative estimate of drug-likeness (QED) is 0.307. The lowest BCUT2D eigenvalue weighted by molar-refractivity contribution is -0.152. The number of nitrogens with one attached hydrogen (secondary N) is 1. The first-order chi connectivity index (χ1) is 19.2. The van der Waals surface area contributed by atoms with Crippen LogP contribution in [-0.4, -0.2) is 63.0 Å². The van der Waals surface area contributed by atoms with Gasteiger partial charge in [0.1, 0.15) is 23.7 Å². The molecule has 4 rings (SSSR count). The molecule has 1 saturated heterocycles. The number of esters is 1. The Morgan fingerprint density at radius 2 is 1.85 bits per heavy atom. The molecule has 2 aliphatic heterocycles. The first kappa shape index (κ1) is 29.3. The lowest BCUT2D eigenvalue weighted by atomic mass is 10.00. The Labute approximate surface area is 235 Å². The topological polar surface area (TPSA) is 102 Å². The van der Waals surface area contributed by atoms with Crippen molar-refractivity contribution in [1.29, 1.82) is 0 Å². The smallest absolute Gasteiger partial charge is 0.338 e. The summed E-state index contributed by atoms with van der Waals surface area (Å²) in [6.45, 7) is 5.54. The van der Waals surface area contributed by atoms with Gasteiger partial charge in [0, 0.05) is 19.2 Å². The lowest BCUT2D eigenvalue weighted by Gasteiger charge is -2.25. The average molecular weight is 552 g/mol. The molecule has 2 aromatic carbocycles. The minimum Gasteiger partial charge on any atom is -0.497 e. The van der Waals surface area contributed by atoms with Gasteiger partial charge in [-0.1, -0.05) is 36.4 Å². The van der Waals surface area contributed by atoms with Crippen LogP contribution < -0.4 is 14.8 Å². The van der Waals surface area contributed by atoms with Crippen LogP contribution in [0.2, 0.25) is 0 Å². The molecule has 0 aliphatic carbocycles. The van der Waals surface area contributed by atoms with Crippen LogP contribution in [0.4, 0.5) is 0 Å². The fourth-order valence-corrected chi connectivity index (χ4v) is 4.75. The fraction of sp³-hybridized carbons (Fsp3) is 0.419. The third-order valence-corrected chi connectivity index (χ3v) is 6.56. The highest BCUT2D eigenvalue weighted by molar-refractivity contribution is 6.01. The number of methoxy groups -OCH3 is 2. The number of carbonyl (C=O) groups excluding carboxylic acids is 2. The van der Waals surface area contributed by atoms with Crippen LogP contribution in [0.15, 0.2) is 60.7 Å². The molecule has 0 bridgehead atoms. The molecule has 1 amide bonds. The fourth-order valence-electron chi connectivity index (χ4n) is 4.75. The largest absolute Gasteiger partial charge is 0.497 e. The molecule has 40 heavy (non-hydrogen) atoms. The van der Waals surface area contributed by atoms with Crippen molar-refractivity contribution in [3.8, 4) is 11.5 Å². The Morgan fingerprint density at radius 1 is 1.07 bits per heavy atom. The van der Waals surface area contributed by atoms with Gasteiger partial charge in [-0.2, -0.15) is 0 Å². The number of carbonyl (C=O) groups is 2. The Balaban J connectivity index is 1.70. The van der Waals surface area contributed by atoms with Crippen molar-refractivity contribution >= 4 is 18.0 Å². The van der Waals surface area contributed by atoms with E-state index in [1.165, 1.54) is 7.11 Å². The Kier molecular flexibility index (Phi) is 9.63. The molecule has 0 saturated carbocycles. The molecule has 9 heteroatoms. The molecule has 9 nitrogen and oxygen atoms in total. The van der Waals surface area contributed by atoms with E-state index in [1.807, 2.05) is 51.1 Å². The number of rotatable bonds is 6. The predicted molar refractivity (Wildman–Crippen MR) is 149 cm³/mol. The normalized spacial score (nSPS) is 25.9. The average Bonchev–Trinajstić information content (AvgIpc) is 3.24. The summed E-state index contributed by atoms with van der Waals surface area (Å²) in [4.78, 5) is 26.5. The summed E-state index contributed by atoms with van der Waals surface area (Å²) in [7, 11) is 3.07. The first-order valence-corrected chi connectivity index (χ1v) is 13.3. The predicted octanol–water partition coefficient (Wildman–Crippen LogP) is 4.91. The summed E-state index contributed by atoms with van der Waals surface area (Å²) in [6.07, 6.45) is 6.68. The van der Waals surface area contributed by atoms with Gasteiger partial charge < -0.3 is 33.7 Å². The van der Waals surface area contributed by atoms with Crippen LogP contribution >= 0.6 is 0 Å². The van der Waals surface area contributed by atoms with Crippen molar-refractivity contribution in [1.82, 2.24) is 5.32 Å². The molecule has 2 aromatic rings. The second kappa shape index (κ2) is 13.1. The summed E-state index contributed by atoms with van der Waals surface area (Å²) < 4.78 is 34.8. The number of amides is 1. The number of fused-ring (bicyclic) bond motifs is 2. The second-order valence-corrected chi connectivity index (χ2v) is 10.2. The standard InChI is InChI=1S/C31H37NO8/c1-20-11-9-15-24(38-30(34)21-12-7-6-8-13-21)28-25(39-31(2,3)40-28)16-10-14-22-17-23(36-5)18-26(37-19-35-4)27(22)29(33)32-20/h6-10,12-15,17-18,20,24-25,28H,11,16,19H2,1-5H3,(H,32,33)/b14-10+,15-9-/t20?,24?,25-,28+/m0/s1. The molecule has 1 fully saturated rings. The Morgan fingerprint density at radius 3 is 2.58 bits per heavy atom. The van der Waals surface area contributed by atoms with Crippen LogP contribution in [0, 0.1) is 0 Å². The van der Waals surface area contributed by atoms with Gasteiger partial charge >= 0.3 is 5.97 Å². The summed E-state index contributed by atoms with van der Waals surface area (Å²) in [5, 5.41) is 3.04. The Bertz CT molecular complexity index is 1240. The van der Waals surface area contributed by atoms with Crippen molar-refractivity contribution in [3.63, 3.8) is 0 Å². The van der Waals surface area contributed by atoms with Crippen LogP contribution in [0.3, 0.4) is 0 Å². The zero-order chi connectivity index (χ0) is 28.7. The van der Waals surface area contributed by atoms with Crippen LogP contribution in [0.1, 0.15) is 59.9 Å². The van der Waals surface area contributed by atoms with Crippen LogP contribution in [0.25, 0.3) is 6.08 Å². The lowest BCUT2D eigenvalue weighted by Crippen LogP contribution is -2.38. The third kappa shape index (κ3) is 7.29. The third-order valence-electron chi connectivity index (χ3n) is 6.56. The monoisotopic (exact) mass is 551 g/mol. The molecule has 1 N–H and O–H groups in total. The summed E-state index contributed by atoms with van der Waals surface area (Å²) >= 11 is 0. The molecule has 2 unspecified atom stereocenters. The molecule has 2 heterocycles. The highest BCUT2D eigenvalue weighted by atomic mass is 16.8. The SMILES string of the molecule is COCOc1cc(OC)cc2c1C(=O)NC(C)C/C=C\C(OC(=O)c1ccccc1)[C@H]1OC(C)(C)O[C@H]1C/C=C/2. The summed E-state index contributed by atoms with van der Waals surface area (Å²) in [5.74, 6) is -0.745. The van der Waals surface area contributed by atoms with Crippen LogP contribution in [0.5, 0.6) is 11.5 Å². The summed E-state index contributed by atoms with van der Waals surface area (Å²) in [6, 6.07) is 12.0. The van der Waals surface area contributed by atoms with E-state index in [0.29, 0.717) is 41.0 Å². The molecule has 0 spiro atoms. The van der Waals surface area contributed by atoms with Gasteiger partial charge in [-0.25, -0.2) is 4.79 Å². The van der Waals surface area contributed by atoms with E-state index in [-0.39, 0.29) is 18.7 Å². The summed E-state index contributed by atoms with van der Waals surface area (Å²) in [5.41, 5.74) is 1.43. The molecular formula is C31H37NO8. The molecule has 0 radical (unpaired) electrons. The number of ether oxygens (including phenoxy) is 6. The number of hydrogen-bond donors (Lipinski definition) is 1. The van der Waals surface area contributed by atoms with E-state index < -0.39 is 30.1 Å². The second-order valence-electron chi connectivity index (χ2n) is 10.2. The molecular weight excluding hydrogens is 514 g/mol. The van der Waals surface area contributed by atoms with Crippen LogP contribution in [-0.2, 0) is 18.9 Å². The van der Waals surface area contributed by atoms with Crippen molar-refractivity contribution in [2.75, 3.05) is 21.0 Å². The molecule has 214 valence electrons. The maximum absolute atomic E-state index is 13.5. The highest BCUT2D eigenvalue weighted by Crippen LogP contribution is 2.35. The van der Waals surface area contributed by atoms with Gasteiger partial charge in [0.25, 0.3) is 5.91 Å². The maximum atomic E-state index is 13.5. The van der Waals surface area contributed by atoms with Gasteiger partial charge in [-0.3, -0.25) is 4.79 Å². The first-order valence-electron chi connectivity index (χ1n) is 13.3. The minimum atomic E-state index is -0.879. The number of benzene rings is 2. The number of hydrogen-bond acceptors (Lipinski definition) is 8. The van der Waals surface area contributed by atoms with E-state index in [9.17, 15) is 9.59 Å². The van der Waals surface area contributed by atoms with E-state index in [4.69, 9.17) is 28.4 Å². The van der Waals surface area contributed by atoms with E-state index in [0.717, 1.165) is 0 Å². The van der Waals surface area contributed by atoms with Crippen molar-refractivity contribution in [2.45, 2.75) is 63.8 Å². The highest BCUT2D eigenvalue weighted by Gasteiger charge is 2.45. The maximum Gasteiger partial charge on any atom is 0.338 e. The minimum absolute atomic E-state index is 0.0258.